The van der Waals surface area contributed by atoms with Crippen LogP contribution < -0.4 is 0 Å². The van der Waals surface area contributed by atoms with Crippen LogP contribution in [0.15, 0.2) is 0 Å². The summed E-state index contributed by atoms with van der Waals surface area (Å²) in [6.07, 6.45) is 2.17. The quantitative estimate of drug-likeness (QED) is 0.638. The SMILES string of the molecule is CC(=O)CC(=O)N1CCCC1CN(C)C. The van der Waals surface area contributed by atoms with E-state index in [0.29, 0.717) is 6.04 Å². The summed E-state index contributed by atoms with van der Waals surface area (Å²) >= 11 is 0. The molecule has 0 aliphatic carbocycles. The first kappa shape index (κ1) is 12.2. The number of likely N-dealkylation sites (N-methyl/N-ethyl adjacent to an activating group) is 1. The Morgan fingerprint density at radius 3 is 2.60 bits per heavy atom. The molecule has 0 N–H and O–H groups in total. The first-order valence-electron chi connectivity index (χ1n) is 5.44. The molecule has 4 nitrogen and oxygen atoms in total. The Bertz CT molecular complexity index is 251. The van der Waals surface area contributed by atoms with Crippen LogP contribution in [0.5, 0.6) is 0 Å². The van der Waals surface area contributed by atoms with E-state index in [0.717, 1.165) is 25.9 Å². The highest BCUT2D eigenvalue weighted by molar-refractivity contribution is 5.97. The predicted molar refractivity (Wildman–Crippen MR) is 58.6 cm³/mol. The van der Waals surface area contributed by atoms with Gasteiger partial charge in [-0.1, -0.05) is 0 Å². The van der Waals surface area contributed by atoms with Crippen LogP contribution >= 0.6 is 0 Å². The van der Waals surface area contributed by atoms with Crippen molar-refractivity contribution in [2.75, 3.05) is 27.2 Å². The first-order chi connectivity index (χ1) is 7.00. The normalized spacial score (nSPS) is 21.1. The van der Waals surface area contributed by atoms with Gasteiger partial charge in [-0.05, 0) is 33.9 Å². The van der Waals surface area contributed by atoms with Gasteiger partial charge in [-0.2, -0.15) is 0 Å². The van der Waals surface area contributed by atoms with Gasteiger partial charge in [-0.15, -0.1) is 0 Å². The van der Waals surface area contributed by atoms with Crippen molar-refractivity contribution < 1.29 is 9.59 Å². The van der Waals surface area contributed by atoms with Crippen LogP contribution in [0.1, 0.15) is 26.2 Å². The van der Waals surface area contributed by atoms with Crippen molar-refractivity contribution in [3.8, 4) is 0 Å². The number of rotatable bonds is 4. The average Bonchev–Trinajstić information content (AvgIpc) is 2.49. The molecule has 1 rings (SSSR count). The summed E-state index contributed by atoms with van der Waals surface area (Å²) < 4.78 is 0. The topological polar surface area (TPSA) is 40.6 Å². The lowest BCUT2D eigenvalue weighted by Gasteiger charge is -2.26. The smallest absolute Gasteiger partial charge is 0.230 e. The van der Waals surface area contributed by atoms with Crippen LogP contribution in [-0.2, 0) is 9.59 Å². The van der Waals surface area contributed by atoms with Gasteiger partial charge in [0.1, 0.15) is 5.78 Å². The third kappa shape index (κ3) is 3.63. The number of Topliss-reactive ketones (excluding diaryl/α,β-unsaturated/α-hetero) is 1. The summed E-state index contributed by atoms with van der Waals surface area (Å²) in [7, 11) is 4.01. The third-order valence-electron chi connectivity index (χ3n) is 2.67. The summed E-state index contributed by atoms with van der Waals surface area (Å²) in [6, 6.07) is 0.298. The van der Waals surface area contributed by atoms with E-state index in [-0.39, 0.29) is 18.1 Å². The maximum atomic E-state index is 11.7. The van der Waals surface area contributed by atoms with Gasteiger partial charge in [0.2, 0.25) is 5.91 Å². The Labute approximate surface area is 91.2 Å². The Kier molecular flexibility index (Phi) is 4.27. The second-order valence-corrected chi connectivity index (χ2v) is 4.52. The van der Waals surface area contributed by atoms with E-state index in [1.54, 1.807) is 0 Å². The number of nitrogens with zero attached hydrogens (tertiary/aromatic N) is 2. The molecule has 0 aromatic heterocycles. The molecule has 0 bridgehead atoms. The molecule has 1 unspecified atom stereocenters. The molecule has 1 saturated heterocycles. The zero-order valence-corrected chi connectivity index (χ0v) is 9.82. The Morgan fingerprint density at radius 2 is 2.07 bits per heavy atom. The van der Waals surface area contributed by atoms with Crippen molar-refractivity contribution in [2.24, 2.45) is 0 Å². The van der Waals surface area contributed by atoms with Gasteiger partial charge in [0.15, 0.2) is 0 Å². The summed E-state index contributed by atoms with van der Waals surface area (Å²) in [5.41, 5.74) is 0. The van der Waals surface area contributed by atoms with E-state index in [9.17, 15) is 9.59 Å². The predicted octanol–water partition coefficient (Wildman–Crippen LogP) is 0.518. The molecule has 86 valence electrons. The van der Waals surface area contributed by atoms with Crippen molar-refractivity contribution in [3.05, 3.63) is 0 Å². The Morgan fingerprint density at radius 1 is 1.40 bits per heavy atom. The van der Waals surface area contributed by atoms with Crippen LogP contribution in [0.4, 0.5) is 0 Å². The van der Waals surface area contributed by atoms with Crippen LogP contribution in [0.3, 0.4) is 0 Å². The molecule has 1 atom stereocenters. The fraction of sp³-hybridized carbons (Fsp3) is 0.818. The molecule has 0 saturated carbocycles. The minimum absolute atomic E-state index is 0.00755. The van der Waals surface area contributed by atoms with Gasteiger partial charge >= 0.3 is 0 Å². The average molecular weight is 212 g/mol. The molecule has 15 heavy (non-hydrogen) atoms. The van der Waals surface area contributed by atoms with Crippen molar-refractivity contribution in [1.82, 2.24) is 9.80 Å². The third-order valence-corrected chi connectivity index (χ3v) is 2.67. The van der Waals surface area contributed by atoms with Crippen molar-refractivity contribution in [3.63, 3.8) is 0 Å². The van der Waals surface area contributed by atoms with Crippen LogP contribution in [0.25, 0.3) is 0 Å². The number of carbonyl (C=O) groups excluding carboxylic acids is 2. The minimum Gasteiger partial charge on any atom is -0.338 e. The molecular formula is C11H20N2O2. The number of hydrogen-bond acceptors (Lipinski definition) is 3. The fourth-order valence-electron chi connectivity index (χ4n) is 2.09. The van der Waals surface area contributed by atoms with Gasteiger partial charge in [0.25, 0.3) is 0 Å². The maximum Gasteiger partial charge on any atom is 0.230 e. The highest BCUT2D eigenvalue weighted by Crippen LogP contribution is 2.18. The minimum atomic E-state index is -0.0458. The van der Waals surface area contributed by atoms with Crippen molar-refractivity contribution >= 4 is 11.7 Å². The van der Waals surface area contributed by atoms with E-state index in [1.807, 2.05) is 19.0 Å². The molecule has 1 aliphatic heterocycles. The van der Waals surface area contributed by atoms with Gasteiger partial charge in [0, 0.05) is 19.1 Å². The number of amides is 1. The van der Waals surface area contributed by atoms with Crippen molar-refractivity contribution in [1.29, 1.82) is 0 Å². The second-order valence-electron chi connectivity index (χ2n) is 4.52. The largest absolute Gasteiger partial charge is 0.338 e. The molecule has 0 aromatic carbocycles. The molecule has 1 fully saturated rings. The fourth-order valence-corrected chi connectivity index (χ4v) is 2.09. The van der Waals surface area contributed by atoms with E-state index in [2.05, 4.69) is 4.90 Å². The molecule has 0 spiro atoms. The standard InChI is InChI=1S/C11H20N2O2/c1-9(14)7-11(15)13-6-4-5-10(13)8-12(2)3/h10H,4-8H2,1-3H3. The molecular weight excluding hydrogens is 192 g/mol. The van der Waals surface area contributed by atoms with Gasteiger partial charge in [-0.25, -0.2) is 0 Å². The summed E-state index contributed by atoms with van der Waals surface area (Å²) in [6.45, 7) is 3.17. The monoisotopic (exact) mass is 212 g/mol. The Hall–Kier alpha value is -0.900. The zero-order chi connectivity index (χ0) is 11.4. The van der Waals surface area contributed by atoms with E-state index in [4.69, 9.17) is 0 Å². The van der Waals surface area contributed by atoms with E-state index >= 15 is 0 Å². The van der Waals surface area contributed by atoms with Crippen molar-refractivity contribution in [2.45, 2.75) is 32.2 Å². The zero-order valence-electron chi connectivity index (χ0n) is 9.82. The van der Waals surface area contributed by atoms with Crippen LogP contribution in [-0.4, -0.2) is 54.7 Å². The lowest BCUT2D eigenvalue weighted by Crippen LogP contribution is -2.41. The molecule has 1 amide bonds. The van der Waals surface area contributed by atoms with Gasteiger partial charge in [0.05, 0.1) is 6.42 Å². The molecule has 4 heteroatoms. The molecule has 0 radical (unpaired) electrons. The summed E-state index contributed by atoms with van der Waals surface area (Å²) in [5.74, 6) is -0.0534. The van der Waals surface area contributed by atoms with E-state index < -0.39 is 0 Å². The Balaban J connectivity index is 2.52. The number of likely N-dealkylation sites (tertiary alicyclic amines) is 1. The number of ketones is 1. The van der Waals surface area contributed by atoms with E-state index in [1.165, 1.54) is 6.92 Å². The second kappa shape index (κ2) is 5.26. The lowest BCUT2D eigenvalue weighted by atomic mass is 10.2. The summed E-state index contributed by atoms with van der Waals surface area (Å²) in [5, 5.41) is 0. The molecule has 1 aliphatic rings. The van der Waals surface area contributed by atoms with Crippen LogP contribution in [0, 0.1) is 0 Å². The van der Waals surface area contributed by atoms with Crippen LogP contribution in [0.2, 0.25) is 0 Å². The molecule has 1 heterocycles. The highest BCUT2D eigenvalue weighted by Gasteiger charge is 2.29. The molecule has 0 aromatic rings. The highest BCUT2D eigenvalue weighted by atomic mass is 16.2. The first-order valence-corrected chi connectivity index (χ1v) is 5.44. The number of hydrogen-bond donors (Lipinski definition) is 0. The van der Waals surface area contributed by atoms with Gasteiger partial charge < -0.3 is 9.80 Å². The van der Waals surface area contributed by atoms with Gasteiger partial charge in [-0.3, -0.25) is 9.59 Å². The maximum absolute atomic E-state index is 11.7. The number of carbonyl (C=O) groups is 2. The summed E-state index contributed by atoms with van der Waals surface area (Å²) in [4.78, 5) is 26.6. The lowest BCUT2D eigenvalue weighted by molar-refractivity contribution is -0.135.